The van der Waals surface area contributed by atoms with Crippen LogP contribution in [-0.4, -0.2) is 89.3 Å². The third kappa shape index (κ3) is 7.37. The lowest BCUT2D eigenvalue weighted by Gasteiger charge is -2.54. The fourth-order valence-electron chi connectivity index (χ4n) is 5.09. The molecular formula is C29H34ClFN6O5. The minimum Gasteiger partial charge on any atom is -0.445 e. The summed E-state index contributed by atoms with van der Waals surface area (Å²) in [6.07, 6.45) is 0.677. The summed E-state index contributed by atoms with van der Waals surface area (Å²) in [6, 6.07) is 11.6. The van der Waals surface area contributed by atoms with Gasteiger partial charge in [0.15, 0.2) is 0 Å². The molecule has 2 aromatic carbocycles. The number of amides is 5. The highest BCUT2D eigenvalue weighted by Gasteiger charge is 2.50. The maximum absolute atomic E-state index is 13.8. The number of hydrogen-bond acceptors (Lipinski definition) is 6. The normalized spacial score (nSPS) is 18.9. The van der Waals surface area contributed by atoms with Gasteiger partial charge in [0.2, 0.25) is 11.8 Å². The Kier molecular flexibility index (Phi) is 10.4. The molecule has 2 heterocycles. The van der Waals surface area contributed by atoms with Crippen LogP contribution in [0.15, 0.2) is 61.2 Å². The monoisotopic (exact) mass is 600 g/mol. The number of alkyl carbamates (subject to hydrolysis) is 1. The standard InChI is InChI=1S/C29H34ClFN6O5/c1-3-15-42-29(41)32-14-6-9-24-27(39)35(17-21-7-4-5-8-23(21)30)18-25-36(24)26(38)19-34(2)37(25)28(40)33-16-20-10-12-22(31)13-11-20/h3-5,7-8,10-13,24-25H,1,6,9,14-19H2,2H3,(H,32,41)(H,33,40)/t24-,25-/m0/s1. The number of piperazine rings is 1. The van der Waals surface area contributed by atoms with E-state index in [1.54, 1.807) is 36.2 Å². The molecule has 42 heavy (non-hydrogen) atoms. The van der Waals surface area contributed by atoms with Gasteiger partial charge in [-0.1, -0.05) is 54.6 Å². The first kappa shape index (κ1) is 30.8. The highest BCUT2D eigenvalue weighted by molar-refractivity contribution is 6.31. The number of carbonyl (C=O) groups is 4. The van der Waals surface area contributed by atoms with Crippen molar-refractivity contribution in [3.8, 4) is 0 Å². The first-order valence-electron chi connectivity index (χ1n) is 13.6. The van der Waals surface area contributed by atoms with Gasteiger partial charge in [-0.2, -0.15) is 0 Å². The van der Waals surface area contributed by atoms with Gasteiger partial charge in [-0.25, -0.2) is 24.0 Å². The first-order valence-corrected chi connectivity index (χ1v) is 13.9. The van der Waals surface area contributed by atoms with Crippen molar-refractivity contribution in [2.75, 3.05) is 33.3 Å². The van der Waals surface area contributed by atoms with Crippen molar-refractivity contribution in [2.45, 2.75) is 38.1 Å². The molecule has 2 saturated heterocycles. The molecule has 0 aromatic heterocycles. The van der Waals surface area contributed by atoms with E-state index in [0.29, 0.717) is 17.0 Å². The van der Waals surface area contributed by atoms with E-state index in [4.69, 9.17) is 16.3 Å². The zero-order valence-corrected chi connectivity index (χ0v) is 24.1. The lowest BCUT2D eigenvalue weighted by Crippen LogP contribution is -2.75. The summed E-state index contributed by atoms with van der Waals surface area (Å²) in [4.78, 5) is 55.6. The molecule has 11 nitrogen and oxygen atoms in total. The summed E-state index contributed by atoms with van der Waals surface area (Å²) >= 11 is 6.40. The Morgan fingerprint density at radius 3 is 2.60 bits per heavy atom. The van der Waals surface area contributed by atoms with Crippen LogP contribution in [0.2, 0.25) is 5.02 Å². The molecule has 0 saturated carbocycles. The number of halogens is 2. The van der Waals surface area contributed by atoms with Gasteiger partial charge in [-0.05, 0) is 42.2 Å². The van der Waals surface area contributed by atoms with E-state index < -0.39 is 24.3 Å². The third-order valence-corrected chi connectivity index (χ3v) is 7.45. The number of nitrogens with zero attached hydrogens (tertiary/aromatic N) is 4. The van der Waals surface area contributed by atoms with Gasteiger partial charge in [0, 0.05) is 31.7 Å². The maximum Gasteiger partial charge on any atom is 0.407 e. The molecule has 0 bridgehead atoms. The summed E-state index contributed by atoms with van der Waals surface area (Å²) in [6.45, 7) is 4.07. The Morgan fingerprint density at radius 2 is 1.88 bits per heavy atom. The summed E-state index contributed by atoms with van der Waals surface area (Å²) in [7, 11) is 1.63. The van der Waals surface area contributed by atoms with E-state index in [0.717, 1.165) is 5.56 Å². The zero-order chi connectivity index (χ0) is 30.2. The van der Waals surface area contributed by atoms with E-state index in [1.165, 1.54) is 33.1 Å². The second-order valence-corrected chi connectivity index (χ2v) is 10.4. The largest absolute Gasteiger partial charge is 0.445 e. The Balaban J connectivity index is 1.55. The molecule has 0 unspecified atom stereocenters. The van der Waals surface area contributed by atoms with Crippen LogP contribution < -0.4 is 10.6 Å². The van der Waals surface area contributed by atoms with Crippen LogP contribution in [0.1, 0.15) is 24.0 Å². The molecule has 2 aliphatic heterocycles. The van der Waals surface area contributed by atoms with Crippen LogP contribution >= 0.6 is 11.6 Å². The average molecular weight is 601 g/mol. The predicted molar refractivity (Wildman–Crippen MR) is 153 cm³/mol. The summed E-state index contributed by atoms with van der Waals surface area (Å²) < 4.78 is 18.2. The zero-order valence-electron chi connectivity index (χ0n) is 23.3. The number of benzene rings is 2. The van der Waals surface area contributed by atoms with Gasteiger partial charge in [0.1, 0.15) is 24.6 Å². The van der Waals surface area contributed by atoms with E-state index in [-0.39, 0.29) is 63.4 Å². The summed E-state index contributed by atoms with van der Waals surface area (Å²) in [5.74, 6) is -0.945. The summed E-state index contributed by atoms with van der Waals surface area (Å²) in [5.41, 5.74) is 1.43. The number of urea groups is 1. The topological polar surface area (TPSA) is 115 Å². The molecule has 2 N–H and O–H groups in total. The highest BCUT2D eigenvalue weighted by atomic mass is 35.5. The van der Waals surface area contributed by atoms with E-state index >= 15 is 0 Å². The second kappa shape index (κ2) is 14.1. The average Bonchev–Trinajstić information content (AvgIpc) is 2.96. The number of hydrazine groups is 1. The van der Waals surface area contributed by atoms with E-state index in [9.17, 15) is 23.6 Å². The Labute approximate surface area is 248 Å². The predicted octanol–water partition coefficient (Wildman–Crippen LogP) is 3.11. The van der Waals surface area contributed by atoms with Crippen molar-refractivity contribution < 1.29 is 28.3 Å². The molecule has 0 radical (unpaired) electrons. The van der Waals surface area contributed by atoms with Crippen LogP contribution in [-0.2, 0) is 27.4 Å². The molecule has 0 aliphatic carbocycles. The SMILES string of the molecule is C=CCOC(=O)NCCC[C@H]1C(=O)N(Cc2ccccc2Cl)C[C@H]2N1C(=O)CN(C)N2C(=O)NCc1ccc(F)cc1. The van der Waals surface area contributed by atoms with Gasteiger partial charge >= 0.3 is 12.1 Å². The highest BCUT2D eigenvalue weighted by Crippen LogP contribution is 2.29. The lowest BCUT2D eigenvalue weighted by atomic mass is 10.0. The number of fused-ring (bicyclic) bond motifs is 1. The number of hydrogen-bond donors (Lipinski definition) is 2. The second-order valence-electron chi connectivity index (χ2n) is 10.0. The number of carbonyl (C=O) groups excluding carboxylic acids is 4. The fraction of sp³-hybridized carbons (Fsp3) is 0.379. The Hall–Kier alpha value is -4.16. The van der Waals surface area contributed by atoms with Crippen LogP contribution in [0.25, 0.3) is 0 Å². The van der Waals surface area contributed by atoms with Gasteiger partial charge in [0.05, 0.1) is 13.1 Å². The number of likely N-dealkylation sites (N-methyl/N-ethyl adjacent to an activating group) is 1. The molecule has 4 rings (SSSR count). The van der Waals surface area contributed by atoms with Crippen molar-refractivity contribution in [2.24, 2.45) is 0 Å². The van der Waals surface area contributed by atoms with Gasteiger partial charge in [-0.3, -0.25) is 9.59 Å². The van der Waals surface area contributed by atoms with Crippen LogP contribution in [0.4, 0.5) is 14.0 Å². The Morgan fingerprint density at radius 1 is 1.14 bits per heavy atom. The number of ether oxygens (including phenoxy) is 1. The van der Waals surface area contributed by atoms with Crippen LogP contribution in [0.5, 0.6) is 0 Å². The maximum atomic E-state index is 13.8. The van der Waals surface area contributed by atoms with Gasteiger partial charge in [-0.15, -0.1) is 0 Å². The van der Waals surface area contributed by atoms with Crippen molar-refractivity contribution in [3.05, 3.63) is 83.2 Å². The minimum absolute atomic E-state index is 0.0622. The number of rotatable bonds is 10. The molecule has 224 valence electrons. The van der Waals surface area contributed by atoms with Crippen molar-refractivity contribution in [1.29, 1.82) is 0 Å². The van der Waals surface area contributed by atoms with Crippen molar-refractivity contribution >= 4 is 35.5 Å². The smallest absolute Gasteiger partial charge is 0.407 e. The summed E-state index contributed by atoms with van der Waals surface area (Å²) in [5, 5.41) is 8.93. The van der Waals surface area contributed by atoms with Gasteiger partial charge < -0.3 is 25.2 Å². The van der Waals surface area contributed by atoms with Crippen molar-refractivity contribution in [3.63, 3.8) is 0 Å². The number of nitrogens with one attached hydrogen (secondary N) is 2. The quantitative estimate of drug-likeness (QED) is 0.320. The first-order chi connectivity index (χ1) is 20.2. The molecule has 2 aromatic rings. The fourth-order valence-corrected chi connectivity index (χ4v) is 5.28. The molecule has 2 atom stereocenters. The Bertz CT molecular complexity index is 1310. The van der Waals surface area contributed by atoms with Crippen LogP contribution in [0.3, 0.4) is 0 Å². The molecule has 2 aliphatic rings. The van der Waals surface area contributed by atoms with Crippen molar-refractivity contribution in [1.82, 2.24) is 30.5 Å². The van der Waals surface area contributed by atoms with Crippen LogP contribution in [0, 0.1) is 5.82 Å². The molecule has 0 spiro atoms. The third-order valence-electron chi connectivity index (χ3n) is 7.08. The molecule has 13 heteroatoms. The molecular weight excluding hydrogens is 567 g/mol. The van der Waals surface area contributed by atoms with Gasteiger partial charge in [0.25, 0.3) is 0 Å². The minimum atomic E-state index is -0.870. The lowest BCUT2D eigenvalue weighted by molar-refractivity contribution is -0.188. The van der Waals surface area contributed by atoms with E-state index in [2.05, 4.69) is 17.2 Å². The van der Waals surface area contributed by atoms with E-state index in [1.807, 2.05) is 12.1 Å². The molecule has 5 amide bonds. The molecule has 2 fully saturated rings.